The van der Waals surface area contributed by atoms with Crippen LogP contribution in [0.5, 0.6) is 11.5 Å². The van der Waals surface area contributed by atoms with Crippen LogP contribution in [-0.2, 0) is 4.79 Å². The van der Waals surface area contributed by atoms with Gasteiger partial charge in [0.15, 0.2) is 11.5 Å². The summed E-state index contributed by atoms with van der Waals surface area (Å²) < 4.78 is 10.6. The van der Waals surface area contributed by atoms with Gasteiger partial charge in [-0.25, -0.2) is 0 Å². The van der Waals surface area contributed by atoms with Gasteiger partial charge in [0.25, 0.3) is 5.91 Å². The van der Waals surface area contributed by atoms with E-state index in [1.807, 2.05) is 25.1 Å². The van der Waals surface area contributed by atoms with Crippen molar-refractivity contribution in [3.05, 3.63) is 58.6 Å². The van der Waals surface area contributed by atoms with Gasteiger partial charge in [0.2, 0.25) is 12.7 Å². The minimum absolute atomic E-state index is 0.202. The molecule has 2 N–H and O–H groups in total. The maximum Gasteiger partial charge on any atom is 0.251 e. The van der Waals surface area contributed by atoms with Crippen LogP contribution in [-0.4, -0.2) is 24.6 Å². The van der Waals surface area contributed by atoms with E-state index in [-0.39, 0.29) is 24.6 Å². The summed E-state index contributed by atoms with van der Waals surface area (Å²) in [6, 6.07) is 11.1. The van der Waals surface area contributed by atoms with Crippen LogP contribution >= 0.6 is 11.6 Å². The number of carbonyl (C=O) groups is 2. The number of halogens is 1. The first kappa shape index (κ1) is 18.1. The molecule has 26 heavy (non-hydrogen) atoms. The van der Waals surface area contributed by atoms with Crippen molar-refractivity contribution in [3.63, 3.8) is 0 Å². The van der Waals surface area contributed by atoms with E-state index in [2.05, 4.69) is 10.6 Å². The Hall–Kier alpha value is -2.73. The zero-order valence-electron chi connectivity index (χ0n) is 14.4. The molecule has 2 unspecified atom stereocenters. The molecule has 136 valence electrons. The SMILES string of the molecule is CC(NC(=O)c1ccc(Cl)cc1)C(=O)NC(C)c1ccc2c(c1)OCO2. The van der Waals surface area contributed by atoms with Crippen molar-refractivity contribution >= 4 is 23.4 Å². The topological polar surface area (TPSA) is 76.7 Å². The molecule has 1 heterocycles. The number of benzene rings is 2. The summed E-state index contributed by atoms with van der Waals surface area (Å²) in [5.41, 5.74) is 1.33. The molecule has 0 fully saturated rings. The molecule has 2 amide bonds. The first-order chi connectivity index (χ1) is 12.4. The Morgan fingerprint density at radius 3 is 2.42 bits per heavy atom. The number of hydrogen-bond donors (Lipinski definition) is 2. The highest BCUT2D eigenvalue weighted by Gasteiger charge is 2.20. The van der Waals surface area contributed by atoms with Gasteiger partial charge < -0.3 is 20.1 Å². The van der Waals surface area contributed by atoms with Crippen LogP contribution in [0.1, 0.15) is 35.8 Å². The number of nitrogens with one attached hydrogen (secondary N) is 2. The first-order valence-corrected chi connectivity index (χ1v) is 8.58. The average Bonchev–Trinajstić information content (AvgIpc) is 3.09. The van der Waals surface area contributed by atoms with Gasteiger partial charge in [-0.2, -0.15) is 0 Å². The van der Waals surface area contributed by atoms with Crippen LogP contribution < -0.4 is 20.1 Å². The summed E-state index contributed by atoms with van der Waals surface area (Å²) in [6.07, 6.45) is 0. The fourth-order valence-corrected chi connectivity index (χ4v) is 2.68. The van der Waals surface area contributed by atoms with Crippen molar-refractivity contribution in [2.75, 3.05) is 6.79 Å². The third-order valence-electron chi connectivity index (χ3n) is 4.10. The highest BCUT2D eigenvalue weighted by atomic mass is 35.5. The molecule has 0 radical (unpaired) electrons. The Balaban J connectivity index is 1.58. The van der Waals surface area contributed by atoms with Crippen molar-refractivity contribution in [1.82, 2.24) is 10.6 Å². The van der Waals surface area contributed by atoms with Gasteiger partial charge in [0, 0.05) is 10.6 Å². The number of rotatable bonds is 5. The summed E-state index contributed by atoms with van der Waals surface area (Å²) in [5.74, 6) is 0.737. The predicted molar refractivity (Wildman–Crippen MR) is 97.5 cm³/mol. The standard InChI is InChI=1S/C19H19ClN2O4/c1-11(14-5-8-16-17(9-14)26-10-25-16)21-18(23)12(2)22-19(24)13-3-6-15(20)7-4-13/h3-9,11-12H,10H2,1-2H3,(H,21,23)(H,22,24). The van der Waals surface area contributed by atoms with Gasteiger partial charge in [-0.3, -0.25) is 9.59 Å². The van der Waals surface area contributed by atoms with Gasteiger partial charge in [0.1, 0.15) is 6.04 Å². The number of ether oxygens (including phenoxy) is 2. The van der Waals surface area contributed by atoms with Gasteiger partial charge in [-0.1, -0.05) is 17.7 Å². The van der Waals surface area contributed by atoms with Crippen LogP contribution in [0.4, 0.5) is 0 Å². The molecule has 0 bridgehead atoms. The van der Waals surface area contributed by atoms with Crippen molar-refractivity contribution in [1.29, 1.82) is 0 Å². The Kier molecular flexibility index (Phi) is 5.32. The van der Waals surface area contributed by atoms with Gasteiger partial charge in [-0.05, 0) is 55.8 Å². The molecule has 3 rings (SSSR count). The molecule has 0 saturated carbocycles. The van der Waals surface area contributed by atoms with E-state index in [1.165, 1.54) is 0 Å². The highest BCUT2D eigenvalue weighted by molar-refractivity contribution is 6.30. The molecule has 2 aromatic rings. The molecule has 7 heteroatoms. The molecule has 0 saturated heterocycles. The molecule has 0 aromatic heterocycles. The molecular formula is C19H19ClN2O4. The zero-order chi connectivity index (χ0) is 18.7. The molecule has 6 nitrogen and oxygen atoms in total. The Morgan fingerprint density at radius 2 is 1.69 bits per heavy atom. The van der Waals surface area contributed by atoms with Crippen LogP contribution in [0, 0.1) is 0 Å². The summed E-state index contributed by atoms with van der Waals surface area (Å²) >= 11 is 5.81. The molecule has 0 spiro atoms. The van der Waals surface area contributed by atoms with E-state index in [9.17, 15) is 9.59 Å². The Morgan fingerprint density at radius 1 is 1.00 bits per heavy atom. The fraction of sp³-hybridized carbons (Fsp3) is 0.263. The number of fused-ring (bicyclic) bond motifs is 1. The third kappa shape index (κ3) is 4.08. The van der Waals surface area contributed by atoms with Crippen LogP contribution in [0.15, 0.2) is 42.5 Å². The lowest BCUT2D eigenvalue weighted by molar-refractivity contribution is -0.123. The van der Waals surface area contributed by atoms with E-state index in [0.29, 0.717) is 22.1 Å². The number of hydrogen-bond acceptors (Lipinski definition) is 4. The molecule has 2 aromatic carbocycles. The predicted octanol–water partition coefficient (Wildman–Crippen LogP) is 3.06. The quantitative estimate of drug-likeness (QED) is 0.843. The maximum absolute atomic E-state index is 12.4. The minimum atomic E-state index is -0.686. The van der Waals surface area contributed by atoms with Crippen molar-refractivity contribution in [3.8, 4) is 11.5 Å². The molecule has 0 aliphatic carbocycles. The van der Waals surface area contributed by atoms with Crippen LogP contribution in [0.25, 0.3) is 0 Å². The summed E-state index contributed by atoms with van der Waals surface area (Å²) in [7, 11) is 0. The number of amides is 2. The van der Waals surface area contributed by atoms with E-state index < -0.39 is 6.04 Å². The lowest BCUT2D eigenvalue weighted by Gasteiger charge is -2.19. The monoisotopic (exact) mass is 374 g/mol. The minimum Gasteiger partial charge on any atom is -0.454 e. The third-order valence-corrected chi connectivity index (χ3v) is 4.35. The molecule has 1 aliphatic heterocycles. The lowest BCUT2D eigenvalue weighted by Crippen LogP contribution is -2.45. The number of carbonyl (C=O) groups excluding carboxylic acids is 2. The molecule has 2 atom stereocenters. The van der Waals surface area contributed by atoms with E-state index in [0.717, 1.165) is 5.56 Å². The summed E-state index contributed by atoms with van der Waals surface area (Å²) in [6.45, 7) is 3.70. The van der Waals surface area contributed by atoms with Gasteiger partial charge >= 0.3 is 0 Å². The smallest absolute Gasteiger partial charge is 0.251 e. The Labute approximate surface area is 156 Å². The Bertz CT molecular complexity index is 823. The van der Waals surface area contributed by atoms with Gasteiger partial charge in [0.05, 0.1) is 6.04 Å². The second kappa shape index (κ2) is 7.66. The maximum atomic E-state index is 12.4. The largest absolute Gasteiger partial charge is 0.454 e. The second-order valence-electron chi connectivity index (χ2n) is 6.05. The van der Waals surface area contributed by atoms with Crippen LogP contribution in [0.2, 0.25) is 5.02 Å². The van der Waals surface area contributed by atoms with Crippen LogP contribution in [0.3, 0.4) is 0 Å². The fourth-order valence-electron chi connectivity index (χ4n) is 2.55. The zero-order valence-corrected chi connectivity index (χ0v) is 15.2. The second-order valence-corrected chi connectivity index (χ2v) is 6.48. The summed E-state index contributed by atoms with van der Waals surface area (Å²) in [4.78, 5) is 24.6. The highest BCUT2D eigenvalue weighted by Crippen LogP contribution is 2.34. The van der Waals surface area contributed by atoms with Crippen molar-refractivity contribution < 1.29 is 19.1 Å². The van der Waals surface area contributed by atoms with Crippen molar-refractivity contribution in [2.45, 2.75) is 25.9 Å². The normalized spacial score (nSPS) is 14.4. The van der Waals surface area contributed by atoms with Crippen molar-refractivity contribution in [2.24, 2.45) is 0 Å². The first-order valence-electron chi connectivity index (χ1n) is 8.20. The molecular weight excluding hydrogens is 356 g/mol. The average molecular weight is 375 g/mol. The van der Waals surface area contributed by atoms with Gasteiger partial charge in [-0.15, -0.1) is 0 Å². The molecule has 1 aliphatic rings. The van der Waals surface area contributed by atoms with E-state index >= 15 is 0 Å². The summed E-state index contributed by atoms with van der Waals surface area (Å²) in [5, 5.41) is 6.10. The van der Waals surface area contributed by atoms with E-state index in [4.69, 9.17) is 21.1 Å². The lowest BCUT2D eigenvalue weighted by atomic mass is 10.1. The van der Waals surface area contributed by atoms with E-state index in [1.54, 1.807) is 31.2 Å².